The number of hydrogen-bond donors (Lipinski definition) is 3. The first-order valence-corrected chi connectivity index (χ1v) is 22.6. The lowest BCUT2D eigenvalue weighted by Gasteiger charge is -2.41. The van der Waals surface area contributed by atoms with Gasteiger partial charge in [0.1, 0.15) is 23.8 Å². The van der Waals surface area contributed by atoms with Crippen molar-refractivity contribution in [3.05, 3.63) is 93.0 Å². The molecule has 4 amide bonds. The van der Waals surface area contributed by atoms with Crippen LogP contribution in [0, 0.1) is 5.92 Å². The van der Waals surface area contributed by atoms with Crippen LogP contribution in [0.4, 0.5) is 20.3 Å². The summed E-state index contributed by atoms with van der Waals surface area (Å²) >= 11 is 0. The van der Waals surface area contributed by atoms with Crippen LogP contribution in [0.15, 0.2) is 59.7 Å². The van der Waals surface area contributed by atoms with Crippen molar-refractivity contribution in [3.63, 3.8) is 0 Å². The van der Waals surface area contributed by atoms with Crippen molar-refractivity contribution < 1.29 is 32.7 Å². The monoisotopic (exact) mass is 879 g/mol. The molecule has 6 aliphatic rings. The summed E-state index contributed by atoms with van der Waals surface area (Å²) in [5.41, 5.74) is 3.28. The summed E-state index contributed by atoms with van der Waals surface area (Å²) in [5, 5.41) is 9.59. The van der Waals surface area contributed by atoms with Gasteiger partial charge in [-0.1, -0.05) is 30.3 Å². The van der Waals surface area contributed by atoms with Crippen molar-refractivity contribution in [1.29, 1.82) is 0 Å². The third-order valence-corrected chi connectivity index (χ3v) is 13.6. The largest absolute Gasteiger partial charge is 0.381 e. The summed E-state index contributed by atoms with van der Waals surface area (Å²) in [5.74, 6) is -3.99. The van der Waals surface area contributed by atoms with Crippen molar-refractivity contribution in [3.8, 4) is 0 Å². The van der Waals surface area contributed by atoms with Gasteiger partial charge >= 0.3 is 0 Å². The molecule has 0 spiro atoms. The van der Waals surface area contributed by atoms with E-state index >= 15 is 8.78 Å². The predicted octanol–water partition coefficient (Wildman–Crippen LogP) is 5.16. The Bertz CT molecular complexity index is 2500. The fourth-order valence-electron chi connectivity index (χ4n) is 10.1. The molecule has 6 aliphatic heterocycles. The number of benzene rings is 2. The summed E-state index contributed by atoms with van der Waals surface area (Å²) in [6.45, 7) is 6.56. The van der Waals surface area contributed by atoms with Crippen molar-refractivity contribution in [2.75, 3.05) is 63.1 Å². The zero-order valence-electron chi connectivity index (χ0n) is 36.1. The number of alkyl halides is 2. The van der Waals surface area contributed by atoms with Gasteiger partial charge in [0.05, 0.1) is 17.5 Å². The number of pyridine rings is 1. The average Bonchev–Trinajstić information content (AvgIpc) is 3.61. The number of hydrogen-bond acceptors (Lipinski definition) is 11. The molecule has 2 aromatic heterocycles. The molecule has 8 bridgehead atoms. The Morgan fingerprint density at radius 1 is 0.938 bits per heavy atom. The predicted molar refractivity (Wildman–Crippen MR) is 235 cm³/mol. The standard InChI is InChI=1S/C47H55F2N9O6/c1-29-32-7-4-9-34(21-32)47(48,49)23-30-25-55(26-30)15-2-3-19-64-20-6-16-57-43-36(42(53-29)51-28-52-43)22-35(45(57)62)31-13-17-56(18-14-31)40(60)24-50-37-10-5-8-33-27-58(46(63)41(33)37)38-11-12-39(59)54-44(38)61/h4-5,7-10,21-22,28-31,38,50H,2-3,6,11-20,23-27H2,1H3,(H,51,52,53)(H,54,59,61)/t29-,38?/m1/s1. The number of fused-ring (bicyclic) bond motifs is 10. The van der Waals surface area contributed by atoms with Gasteiger partial charge in [-0.05, 0) is 93.2 Å². The van der Waals surface area contributed by atoms with Crippen LogP contribution < -0.4 is 21.5 Å². The van der Waals surface area contributed by atoms with E-state index < -0.39 is 23.9 Å². The molecule has 0 aliphatic carbocycles. The van der Waals surface area contributed by atoms with E-state index in [1.54, 1.807) is 33.7 Å². The third kappa shape index (κ3) is 8.96. The molecular formula is C47H55F2N9O6. The SMILES string of the molecule is C[C@H]1Nc2ncnc3c2cc(C2CCN(C(=O)CNc4cccc5c4C(=O)N(C4CCC(=O)NC4=O)C5)CC2)c(=O)n3CCCOCCCCN2CC(C2)CC(F)(F)c2cccc1c2. The van der Waals surface area contributed by atoms with Crippen molar-refractivity contribution in [1.82, 2.24) is 34.6 Å². The van der Waals surface area contributed by atoms with Crippen molar-refractivity contribution in [2.45, 2.75) is 95.3 Å². The Morgan fingerprint density at radius 2 is 1.73 bits per heavy atom. The number of carbonyl (C=O) groups excluding carboxylic acids is 4. The maximum atomic E-state index is 15.7. The molecule has 4 aromatic rings. The van der Waals surface area contributed by atoms with Gasteiger partial charge in [-0.2, -0.15) is 0 Å². The number of aromatic nitrogens is 3. The summed E-state index contributed by atoms with van der Waals surface area (Å²) < 4.78 is 39.1. The highest BCUT2D eigenvalue weighted by atomic mass is 19.3. The highest BCUT2D eigenvalue weighted by Crippen LogP contribution is 2.39. The normalized spacial score (nSPS) is 24.5. The summed E-state index contributed by atoms with van der Waals surface area (Å²) in [4.78, 5) is 80.6. The van der Waals surface area contributed by atoms with Gasteiger partial charge in [-0.25, -0.2) is 18.7 Å². The van der Waals surface area contributed by atoms with Crippen LogP contribution in [-0.2, 0) is 38.1 Å². The molecule has 1 unspecified atom stereocenters. The number of aryl methyl sites for hydroxylation is 1. The first-order chi connectivity index (χ1) is 30.9. The van der Waals surface area contributed by atoms with Gasteiger partial charge in [0, 0.05) is 88.2 Å². The van der Waals surface area contributed by atoms with E-state index in [-0.39, 0.29) is 73.0 Å². The van der Waals surface area contributed by atoms with E-state index in [2.05, 4.69) is 30.8 Å². The molecule has 8 heterocycles. The van der Waals surface area contributed by atoms with E-state index in [1.165, 1.54) is 17.3 Å². The van der Waals surface area contributed by atoms with E-state index in [4.69, 9.17) is 4.74 Å². The molecule has 15 nitrogen and oxygen atoms in total. The number of anilines is 2. The van der Waals surface area contributed by atoms with Gasteiger partial charge in [-0.15, -0.1) is 0 Å². The highest BCUT2D eigenvalue weighted by Gasteiger charge is 2.41. The summed E-state index contributed by atoms with van der Waals surface area (Å²) in [6.07, 6.45) is 5.12. The zero-order chi connectivity index (χ0) is 44.5. The number of nitrogens with one attached hydrogen (secondary N) is 3. The molecule has 17 heteroatoms. The molecular weight excluding hydrogens is 825 g/mol. The molecule has 338 valence electrons. The van der Waals surface area contributed by atoms with Crippen molar-refractivity contribution >= 4 is 46.2 Å². The lowest BCUT2D eigenvalue weighted by molar-refractivity contribution is -0.137. The number of nitrogens with zero attached hydrogens (tertiary/aromatic N) is 6. The topological polar surface area (TPSA) is 171 Å². The Hall–Kier alpha value is -5.81. The quantitative estimate of drug-likeness (QED) is 0.227. The second-order valence-electron chi connectivity index (χ2n) is 18.0. The van der Waals surface area contributed by atoms with Crippen molar-refractivity contribution in [2.24, 2.45) is 5.92 Å². The van der Waals surface area contributed by atoms with Gasteiger partial charge in [0.25, 0.3) is 17.4 Å². The zero-order valence-corrected chi connectivity index (χ0v) is 36.1. The lowest BCUT2D eigenvalue weighted by atomic mass is 9.89. The fraction of sp³-hybridized carbons (Fsp3) is 0.511. The van der Waals surface area contributed by atoms with Crippen LogP contribution in [-0.4, -0.2) is 111 Å². The number of piperidine rings is 2. The number of amides is 4. The molecule has 0 radical (unpaired) electrons. The number of halogens is 2. The minimum absolute atomic E-state index is 0.00212. The second kappa shape index (κ2) is 18.4. The van der Waals surface area contributed by atoms with Crippen LogP contribution >= 0.6 is 0 Å². The second-order valence-corrected chi connectivity index (χ2v) is 18.0. The molecule has 3 saturated heterocycles. The fourth-order valence-corrected chi connectivity index (χ4v) is 10.1. The summed E-state index contributed by atoms with van der Waals surface area (Å²) in [6, 6.07) is 12.7. The highest BCUT2D eigenvalue weighted by molar-refractivity contribution is 6.08. The van der Waals surface area contributed by atoms with Gasteiger partial charge < -0.3 is 30.1 Å². The van der Waals surface area contributed by atoms with E-state index in [0.717, 1.165) is 24.9 Å². The van der Waals surface area contributed by atoms with Crippen LogP contribution in [0.2, 0.25) is 0 Å². The molecule has 2 atom stereocenters. The van der Waals surface area contributed by atoms with Crippen LogP contribution in [0.25, 0.3) is 11.0 Å². The minimum atomic E-state index is -2.97. The maximum absolute atomic E-state index is 15.7. The third-order valence-electron chi connectivity index (χ3n) is 13.6. The van der Waals surface area contributed by atoms with Crippen LogP contribution in [0.5, 0.6) is 0 Å². The minimum Gasteiger partial charge on any atom is -0.381 e. The lowest BCUT2D eigenvalue weighted by Crippen LogP contribution is -2.52. The van der Waals surface area contributed by atoms with Gasteiger partial charge in [0.15, 0.2) is 0 Å². The molecule has 3 fully saturated rings. The Kier molecular flexibility index (Phi) is 12.5. The Morgan fingerprint density at radius 3 is 2.55 bits per heavy atom. The number of imide groups is 1. The molecule has 10 rings (SSSR count). The van der Waals surface area contributed by atoms with E-state index in [1.807, 2.05) is 25.1 Å². The first-order valence-electron chi connectivity index (χ1n) is 22.6. The molecule has 64 heavy (non-hydrogen) atoms. The first kappa shape index (κ1) is 43.4. The van der Waals surface area contributed by atoms with Crippen LogP contribution in [0.3, 0.4) is 0 Å². The molecule has 3 N–H and O–H groups in total. The average molecular weight is 880 g/mol. The Balaban J connectivity index is 0.908. The molecule has 0 saturated carbocycles. The molecule has 2 aromatic carbocycles. The van der Waals surface area contributed by atoms with E-state index in [9.17, 15) is 24.0 Å². The van der Waals surface area contributed by atoms with E-state index in [0.29, 0.717) is 104 Å². The maximum Gasteiger partial charge on any atom is 0.273 e. The number of ether oxygens (including phenoxy) is 1. The van der Waals surface area contributed by atoms with Gasteiger partial charge in [-0.3, -0.25) is 33.9 Å². The van der Waals surface area contributed by atoms with Crippen LogP contribution in [0.1, 0.15) is 103 Å². The number of likely N-dealkylation sites (tertiary alicyclic amines) is 1. The Labute approximate surface area is 369 Å². The van der Waals surface area contributed by atoms with Gasteiger partial charge in [0.2, 0.25) is 17.7 Å². The number of carbonyl (C=O) groups is 4. The smallest absolute Gasteiger partial charge is 0.273 e. The summed E-state index contributed by atoms with van der Waals surface area (Å²) in [7, 11) is 0. The number of rotatable bonds is 5.